The Morgan fingerprint density at radius 2 is 2.30 bits per heavy atom. The lowest BCUT2D eigenvalue weighted by molar-refractivity contribution is 0.206. The first-order valence-corrected chi connectivity index (χ1v) is 9.56. The van der Waals surface area contributed by atoms with Crippen molar-refractivity contribution in [1.82, 2.24) is 20.4 Å². The van der Waals surface area contributed by atoms with Gasteiger partial charge in [-0.1, -0.05) is 31.1 Å². The van der Waals surface area contributed by atoms with E-state index in [9.17, 15) is 4.79 Å². The summed E-state index contributed by atoms with van der Waals surface area (Å²) in [6.45, 7) is 8.70. The molecule has 3 rings (SSSR count). The minimum Gasteiger partial charge on any atom is -0.493 e. The van der Waals surface area contributed by atoms with Crippen LogP contribution in [-0.4, -0.2) is 47.3 Å². The predicted octanol–water partition coefficient (Wildman–Crippen LogP) is 3.15. The molecule has 1 unspecified atom stereocenters. The van der Waals surface area contributed by atoms with Gasteiger partial charge in [-0.2, -0.15) is 4.98 Å². The molecular formula is C20H28N4O3. The molecule has 27 heavy (non-hydrogen) atoms. The van der Waals surface area contributed by atoms with Gasteiger partial charge < -0.3 is 19.5 Å². The van der Waals surface area contributed by atoms with Crippen molar-refractivity contribution >= 4 is 6.03 Å². The quantitative estimate of drug-likeness (QED) is 0.807. The van der Waals surface area contributed by atoms with Crippen molar-refractivity contribution in [1.29, 1.82) is 0 Å². The highest BCUT2D eigenvalue weighted by molar-refractivity contribution is 5.74. The van der Waals surface area contributed by atoms with E-state index in [0.717, 1.165) is 17.7 Å². The first-order valence-electron chi connectivity index (χ1n) is 9.56. The molecule has 1 aliphatic rings. The number of amides is 2. The molecule has 0 bridgehead atoms. The molecule has 1 atom stereocenters. The molecular weight excluding hydrogens is 344 g/mol. The topological polar surface area (TPSA) is 80.5 Å². The summed E-state index contributed by atoms with van der Waals surface area (Å²) < 4.78 is 11.2. The van der Waals surface area contributed by atoms with E-state index in [1.54, 1.807) is 0 Å². The molecule has 1 fully saturated rings. The number of nitrogens with zero attached hydrogens (tertiary/aromatic N) is 3. The maximum absolute atomic E-state index is 12.2. The van der Waals surface area contributed by atoms with Gasteiger partial charge in [0.1, 0.15) is 5.75 Å². The maximum Gasteiger partial charge on any atom is 0.317 e. The van der Waals surface area contributed by atoms with Crippen molar-refractivity contribution in [3.63, 3.8) is 0 Å². The summed E-state index contributed by atoms with van der Waals surface area (Å²) in [6.07, 6.45) is 1.43. The molecule has 146 valence electrons. The Balaban J connectivity index is 1.46. The molecule has 2 aromatic rings. The highest BCUT2D eigenvalue weighted by Gasteiger charge is 2.31. The smallest absolute Gasteiger partial charge is 0.317 e. The summed E-state index contributed by atoms with van der Waals surface area (Å²) in [5.74, 6) is 2.64. The van der Waals surface area contributed by atoms with Gasteiger partial charge in [0.15, 0.2) is 5.82 Å². The monoisotopic (exact) mass is 372 g/mol. The number of carbonyl (C=O) groups is 1. The van der Waals surface area contributed by atoms with Crippen LogP contribution in [0.3, 0.4) is 0 Å². The zero-order valence-corrected chi connectivity index (χ0v) is 16.3. The first-order chi connectivity index (χ1) is 13.0. The van der Waals surface area contributed by atoms with Gasteiger partial charge in [-0.15, -0.1) is 0 Å². The van der Waals surface area contributed by atoms with Crippen LogP contribution in [0.1, 0.15) is 43.5 Å². The van der Waals surface area contributed by atoms with Gasteiger partial charge in [0.25, 0.3) is 0 Å². The highest BCUT2D eigenvalue weighted by Crippen LogP contribution is 2.26. The Morgan fingerprint density at radius 1 is 1.44 bits per heavy atom. The molecule has 0 aliphatic carbocycles. The largest absolute Gasteiger partial charge is 0.493 e. The second-order valence-electron chi connectivity index (χ2n) is 7.48. The molecule has 7 heteroatoms. The van der Waals surface area contributed by atoms with Crippen molar-refractivity contribution in [2.75, 3.05) is 26.2 Å². The predicted molar refractivity (Wildman–Crippen MR) is 102 cm³/mol. The SMILES string of the molecule is Cc1cccc(OCCc2noc(C3CCN(C(=O)NCC(C)C)C3)n2)c1. The molecule has 1 aromatic heterocycles. The number of urea groups is 1. The minimum atomic E-state index is -0.0162. The van der Waals surface area contributed by atoms with E-state index in [1.807, 2.05) is 36.1 Å². The fourth-order valence-electron chi connectivity index (χ4n) is 3.05. The van der Waals surface area contributed by atoms with Crippen LogP contribution in [-0.2, 0) is 6.42 Å². The number of aryl methyl sites for hydroxylation is 1. The number of likely N-dealkylation sites (tertiary alicyclic amines) is 1. The van der Waals surface area contributed by atoms with Crippen molar-refractivity contribution in [2.45, 2.75) is 39.5 Å². The average molecular weight is 372 g/mol. The molecule has 1 aliphatic heterocycles. The zero-order valence-electron chi connectivity index (χ0n) is 16.3. The number of carbonyl (C=O) groups excluding carboxylic acids is 1. The third-order valence-corrected chi connectivity index (χ3v) is 4.55. The molecule has 0 radical (unpaired) electrons. The van der Waals surface area contributed by atoms with Gasteiger partial charge >= 0.3 is 6.03 Å². The van der Waals surface area contributed by atoms with Crippen LogP contribution in [0.2, 0.25) is 0 Å². The van der Waals surface area contributed by atoms with Crippen LogP contribution in [0.25, 0.3) is 0 Å². The standard InChI is InChI=1S/C20H28N4O3/c1-14(2)12-21-20(25)24-9-7-16(13-24)19-22-18(23-27-19)8-10-26-17-6-4-5-15(3)11-17/h4-6,11,14,16H,7-10,12-13H2,1-3H3,(H,21,25). The Morgan fingerprint density at radius 3 is 3.07 bits per heavy atom. The number of nitrogens with one attached hydrogen (secondary N) is 1. The van der Waals surface area contributed by atoms with Gasteiger partial charge in [-0.05, 0) is 37.0 Å². The summed E-state index contributed by atoms with van der Waals surface area (Å²) in [6, 6.07) is 7.93. The molecule has 0 spiro atoms. The second-order valence-corrected chi connectivity index (χ2v) is 7.48. The summed E-state index contributed by atoms with van der Waals surface area (Å²) in [5, 5.41) is 7.01. The lowest BCUT2D eigenvalue weighted by atomic mass is 10.1. The Bertz CT molecular complexity index is 759. The Hall–Kier alpha value is -2.57. The van der Waals surface area contributed by atoms with Crippen LogP contribution in [0.5, 0.6) is 5.75 Å². The van der Waals surface area contributed by atoms with E-state index >= 15 is 0 Å². The fourth-order valence-corrected chi connectivity index (χ4v) is 3.05. The van der Waals surface area contributed by atoms with Gasteiger partial charge in [0.05, 0.1) is 12.5 Å². The van der Waals surface area contributed by atoms with Crippen LogP contribution < -0.4 is 10.1 Å². The highest BCUT2D eigenvalue weighted by atomic mass is 16.5. The minimum absolute atomic E-state index is 0.0162. The maximum atomic E-state index is 12.2. The van der Waals surface area contributed by atoms with Gasteiger partial charge in [0, 0.05) is 26.1 Å². The van der Waals surface area contributed by atoms with E-state index in [0.29, 0.717) is 50.3 Å². The Labute approximate surface area is 160 Å². The lowest BCUT2D eigenvalue weighted by Gasteiger charge is -2.17. The molecule has 7 nitrogen and oxygen atoms in total. The number of ether oxygens (including phenoxy) is 1. The van der Waals surface area contributed by atoms with E-state index in [1.165, 1.54) is 0 Å². The van der Waals surface area contributed by atoms with Crippen molar-refractivity contribution in [3.8, 4) is 5.75 Å². The number of rotatable bonds is 7. The molecule has 1 aromatic carbocycles. The summed E-state index contributed by atoms with van der Waals surface area (Å²) in [4.78, 5) is 18.5. The molecule has 2 amide bonds. The van der Waals surface area contributed by atoms with E-state index in [2.05, 4.69) is 29.3 Å². The normalized spacial score (nSPS) is 16.7. The first kappa shape index (κ1) is 19.2. The van der Waals surface area contributed by atoms with Crippen LogP contribution >= 0.6 is 0 Å². The average Bonchev–Trinajstić information content (AvgIpc) is 3.29. The summed E-state index contributed by atoms with van der Waals surface area (Å²) in [7, 11) is 0. The fraction of sp³-hybridized carbons (Fsp3) is 0.550. The summed E-state index contributed by atoms with van der Waals surface area (Å²) in [5.41, 5.74) is 1.16. The number of hydrogen-bond donors (Lipinski definition) is 1. The molecule has 1 N–H and O–H groups in total. The molecule has 0 saturated carbocycles. The van der Waals surface area contributed by atoms with Crippen molar-refractivity contribution < 1.29 is 14.1 Å². The third kappa shape index (κ3) is 5.45. The van der Waals surface area contributed by atoms with Crippen molar-refractivity contribution in [2.24, 2.45) is 5.92 Å². The molecule has 2 heterocycles. The van der Waals surface area contributed by atoms with Crippen molar-refractivity contribution in [3.05, 3.63) is 41.5 Å². The molecule has 1 saturated heterocycles. The van der Waals surface area contributed by atoms with E-state index in [-0.39, 0.29) is 11.9 Å². The lowest BCUT2D eigenvalue weighted by Crippen LogP contribution is -2.39. The van der Waals surface area contributed by atoms with Gasteiger partial charge in [-0.25, -0.2) is 4.79 Å². The van der Waals surface area contributed by atoms with Gasteiger partial charge in [0.2, 0.25) is 5.89 Å². The Kier molecular flexibility index (Phi) is 6.32. The van der Waals surface area contributed by atoms with Crippen LogP contribution in [0, 0.1) is 12.8 Å². The van der Waals surface area contributed by atoms with Crippen LogP contribution in [0.4, 0.5) is 4.79 Å². The summed E-state index contributed by atoms with van der Waals surface area (Å²) >= 11 is 0. The third-order valence-electron chi connectivity index (χ3n) is 4.55. The number of hydrogen-bond acceptors (Lipinski definition) is 5. The second kappa shape index (κ2) is 8.88. The van der Waals surface area contributed by atoms with Crippen LogP contribution in [0.15, 0.2) is 28.8 Å². The number of benzene rings is 1. The van der Waals surface area contributed by atoms with E-state index in [4.69, 9.17) is 9.26 Å². The zero-order chi connectivity index (χ0) is 19.2. The van der Waals surface area contributed by atoms with Gasteiger partial charge in [-0.3, -0.25) is 0 Å². The number of aromatic nitrogens is 2. The van der Waals surface area contributed by atoms with E-state index < -0.39 is 0 Å².